The van der Waals surface area contributed by atoms with Gasteiger partial charge in [-0.15, -0.1) is 9.78 Å². The first-order valence-electron chi connectivity index (χ1n) is 16.7. The molecule has 3 atom stereocenters. The summed E-state index contributed by atoms with van der Waals surface area (Å²) in [6, 6.07) is 0. The van der Waals surface area contributed by atoms with Crippen LogP contribution in [0.15, 0.2) is 0 Å². The van der Waals surface area contributed by atoms with Crippen LogP contribution in [0.25, 0.3) is 0 Å². The Morgan fingerprint density at radius 3 is 1.36 bits per heavy atom. The minimum absolute atomic E-state index is 0.0393. The van der Waals surface area contributed by atoms with Crippen LogP contribution in [0.4, 0.5) is 0 Å². The lowest BCUT2D eigenvalue weighted by Gasteiger charge is -2.31. The molecule has 0 aromatic rings. The van der Waals surface area contributed by atoms with Gasteiger partial charge in [0.15, 0.2) is 0 Å². The van der Waals surface area contributed by atoms with Gasteiger partial charge >= 0.3 is 17.9 Å². The lowest BCUT2D eigenvalue weighted by molar-refractivity contribution is -0.479. The molecule has 0 aliphatic rings. The summed E-state index contributed by atoms with van der Waals surface area (Å²) in [6.07, 6.45) is 13.2. The SMILES string of the molecule is CCCC(C)(C)C(CC)C(=O)OC.CCCCCC(C)(OOC(=O)C(CC)CCCC)OOC(=O)C(CC)CCCC. The van der Waals surface area contributed by atoms with E-state index in [0.717, 1.165) is 77.0 Å². The molecule has 0 heterocycles. The summed E-state index contributed by atoms with van der Waals surface area (Å²) in [6.45, 7) is 20.3. The molecule has 0 aliphatic heterocycles. The minimum Gasteiger partial charge on any atom is -0.469 e. The first kappa shape index (κ1) is 42.5. The van der Waals surface area contributed by atoms with Crippen molar-refractivity contribution in [3.63, 3.8) is 0 Å². The van der Waals surface area contributed by atoms with Crippen molar-refractivity contribution in [2.45, 2.75) is 171 Å². The van der Waals surface area contributed by atoms with Crippen molar-refractivity contribution in [3.05, 3.63) is 0 Å². The quantitative estimate of drug-likeness (QED) is 0.0375. The van der Waals surface area contributed by atoms with E-state index < -0.39 is 17.7 Å². The molecule has 0 saturated heterocycles. The smallest absolute Gasteiger partial charge is 0.345 e. The zero-order valence-electron chi connectivity index (χ0n) is 29.1. The molecule has 0 fully saturated rings. The second-order valence-electron chi connectivity index (χ2n) is 12.3. The molecule has 0 aromatic carbocycles. The van der Waals surface area contributed by atoms with E-state index in [-0.39, 0.29) is 29.1 Å². The average molecular weight is 603 g/mol. The Morgan fingerprint density at radius 1 is 0.571 bits per heavy atom. The third-order valence-electron chi connectivity index (χ3n) is 8.03. The van der Waals surface area contributed by atoms with Gasteiger partial charge in [0.05, 0.1) is 24.9 Å². The maximum Gasteiger partial charge on any atom is 0.345 e. The fraction of sp³-hybridized carbons (Fsp3) is 0.912. The zero-order valence-corrected chi connectivity index (χ0v) is 29.1. The Morgan fingerprint density at radius 2 is 1.02 bits per heavy atom. The Bertz CT molecular complexity index is 674. The molecule has 250 valence electrons. The van der Waals surface area contributed by atoms with Gasteiger partial charge in [0.1, 0.15) is 0 Å². The Balaban J connectivity index is 0. The highest BCUT2D eigenvalue weighted by Crippen LogP contribution is 2.35. The molecule has 8 nitrogen and oxygen atoms in total. The first-order chi connectivity index (χ1) is 19.9. The van der Waals surface area contributed by atoms with Crippen molar-refractivity contribution < 1.29 is 38.7 Å². The molecular weight excluding hydrogens is 536 g/mol. The summed E-state index contributed by atoms with van der Waals surface area (Å²) < 4.78 is 4.80. The molecule has 0 saturated carbocycles. The lowest BCUT2D eigenvalue weighted by atomic mass is 9.74. The Kier molecular flexibility index (Phi) is 25.0. The first-order valence-corrected chi connectivity index (χ1v) is 16.7. The number of hydrogen-bond acceptors (Lipinski definition) is 8. The van der Waals surface area contributed by atoms with Crippen LogP contribution >= 0.6 is 0 Å². The number of esters is 1. The zero-order chi connectivity index (χ0) is 32.6. The van der Waals surface area contributed by atoms with Gasteiger partial charge in [-0.3, -0.25) is 14.6 Å². The molecule has 0 aliphatic carbocycles. The van der Waals surface area contributed by atoms with E-state index in [1.54, 1.807) is 6.92 Å². The van der Waals surface area contributed by atoms with Crippen molar-refractivity contribution in [1.29, 1.82) is 0 Å². The maximum absolute atomic E-state index is 12.4. The molecule has 0 spiro atoms. The average Bonchev–Trinajstić information content (AvgIpc) is 2.96. The van der Waals surface area contributed by atoms with Crippen LogP contribution in [0.1, 0.15) is 166 Å². The Labute approximate surface area is 258 Å². The minimum atomic E-state index is -1.31. The third-order valence-corrected chi connectivity index (χ3v) is 8.03. The van der Waals surface area contributed by atoms with Crippen LogP contribution < -0.4 is 0 Å². The number of carbonyl (C=O) groups is 3. The van der Waals surface area contributed by atoms with Crippen molar-refractivity contribution in [3.8, 4) is 0 Å². The van der Waals surface area contributed by atoms with Gasteiger partial charge in [0, 0.05) is 6.42 Å². The molecule has 0 aromatic heterocycles. The number of methoxy groups -OCH3 is 1. The molecule has 0 amide bonds. The van der Waals surface area contributed by atoms with E-state index >= 15 is 0 Å². The highest BCUT2D eigenvalue weighted by atomic mass is 17.3. The molecule has 0 rings (SSSR count). The van der Waals surface area contributed by atoms with E-state index in [9.17, 15) is 14.4 Å². The number of hydrogen-bond donors (Lipinski definition) is 0. The second-order valence-corrected chi connectivity index (χ2v) is 12.3. The van der Waals surface area contributed by atoms with Gasteiger partial charge in [-0.1, -0.05) is 107 Å². The number of carbonyl (C=O) groups excluding carboxylic acids is 3. The van der Waals surface area contributed by atoms with Gasteiger partial charge in [0.2, 0.25) is 0 Å². The summed E-state index contributed by atoms with van der Waals surface area (Å²) in [5.41, 5.74) is 0.0661. The van der Waals surface area contributed by atoms with E-state index in [2.05, 4.69) is 41.5 Å². The molecule has 0 bridgehead atoms. The summed E-state index contributed by atoms with van der Waals surface area (Å²) in [5, 5.41) is 0. The largest absolute Gasteiger partial charge is 0.469 e. The normalized spacial score (nSPS) is 14.9. The third kappa shape index (κ3) is 18.1. The predicted octanol–water partition coefficient (Wildman–Crippen LogP) is 9.68. The fourth-order valence-electron chi connectivity index (χ4n) is 5.07. The summed E-state index contributed by atoms with van der Waals surface area (Å²) >= 11 is 0. The number of unbranched alkanes of at least 4 members (excludes halogenated alkanes) is 4. The van der Waals surface area contributed by atoms with Crippen molar-refractivity contribution in [2.75, 3.05) is 7.11 Å². The molecular formula is C34H66O8. The molecule has 0 radical (unpaired) electrons. The van der Waals surface area contributed by atoms with Gasteiger partial charge in [-0.05, 0) is 57.3 Å². The van der Waals surface area contributed by atoms with Crippen LogP contribution in [0, 0.1) is 23.2 Å². The van der Waals surface area contributed by atoms with Gasteiger partial charge in [-0.2, -0.15) is 0 Å². The van der Waals surface area contributed by atoms with Gasteiger partial charge < -0.3 is 4.74 Å². The lowest BCUT2D eigenvalue weighted by Crippen LogP contribution is -2.36. The van der Waals surface area contributed by atoms with Crippen LogP contribution in [0.5, 0.6) is 0 Å². The number of ether oxygens (including phenoxy) is 1. The summed E-state index contributed by atoms with van der Waals surface area (Å²) in [4.78, 5) is 57.2. The number of rotatable bonds is 23. The molecule has 3 unspecified atom stereocenters. The predicted molar refractivity (Wildman–Crippen MR) is 168 cm³/mol. The second kappa shape index (κ2) is 24.7. The van der Waals surface area contributed by atoms with Crippen molar-refractivity contribution >= 4 is 17.9 Å². The molecule has 8 heteroatoms. The van der Waals surface area contributed by atoms with Crippen LogP contribution in [-0.4, -0.2) is 30.8 Å². The molecule has 42 heavy (non-hydrogen) atoms. The van der Waals surface area contributed by atoms with Crippen molar-refractivity contribution in [1.82, 2.24) is 0 Å². The van der Waals surface area contributed by atoms with Crippen LogP contribution in [0.2, 0.25) is 0 Å². The van der Waals surface area contributed by atoms with Gasteiger partial charge in [-0.25, -0.2) is 9.59 Å². The maximum atomic E-state index is 12.4. The van der Waals surface area contributed by atoms with Crippen molar-refractivity contribution in [2.24, 2.45) is 23.2 Å². The van der Waals surface area contributed by atoms with Crippen LogP contribution in [0.3, 0.4) is 0 Å². The standard InChI is InChI=1S/C23H44O6.C11H22O2/c1-7-12-15-18-23(6,28-26-21(24)19(10-4)16-13-8-2)29-27-22(25)20(11-5)17-14-9-3;1-6-8-11(3,4)9(7-2)10(12)13-5/h19-20H,7-18H2,1-6H3;9H,6-8H2,1-5H3. The highest BCUT2D eigenvalue weighted by Gasteiger charge is 2.35. The van der Waals surface area contributed by atoms with Gasteiger partial charge in [0.25, 0.3) is 5.79 Å². The molecule has 0 N–H and O–H groups in total. The van der Waals surface area contributed by atoms with E-state index in [1.807, 2.05) is 20.8 Å². The van der Waals surface area contributed by atoms with Crippen LogP contribution in [-0.2, 0) is 38.7 Å². The summed E-state index contributed by atoms with van der Waals surface area (Å²) in [7, 11) is 1.47. The van der Waals surface area contributed by atoms with E-state index in [0.29, 0.717) is 19.3 Å². The highest BCUT2D eigenvalue weighted by molar-refractivity contribution is 5.73. The summed E-state index contributed by atoms with van der Waals surface area (Å²) in [5.74, 6) is -2.53. The topological polar surface area (TPSA) is 97.4 Å². The van der Waals surface area contributed by atoms with E-state index in [1.165, 1.54) is 7.11 Å². The fourth-order valence-corrected chi connectivity index (χ4v) is 5.07. The monoisotopic (exact) mass is 602 g/mol. The Hall–Kier alpha value is -1.67. The van der Waals surface area contributed by atoms with E-state index in [4.69, 9.17) is 24.3 Å².